The molecule has 2 atom stereocenters. The molecule has 0 bridgehead atoms. The first-order valence-electron chi connectivity index (χ1n) is 12.0. The van der Waals surface area contributed by atoms with Crippen LogP contribution in [0.5, 0.6) is 0 Å². The van der Waals surface area contributed by atoms with E-state index in [1.54, 1.807) is 32.0 Å². The van der Waals surface area contributed by atoms with Crippen LogP contribution in [0.4, 0.5) is 11.4 Å². The normalized spacial score (nSPS) is 12.9. The number of aryl methyl sites for hydroxylation is 1. The van der Waals surface area contributed by atoms with E-state index >= 15 is 0 Å². The molecule has 2 aromatic rings. The number of sulfonamides is 1. The summed E-state index contributed by atoms with van der Waals surface area (Å²) in [6.07, 6.45) is 1.84. The van der Waals surface area contributed by atoms with Gasteiger partial charge in [-0.1, -0.05) is 49.2 Å². The van der Waals surface area contributed by atoms with Gasteiger partial charge in [0.2, 0.25) is 21.8 Å². The average Bonchev–Trinajstić information content (AvgIpc) is 2.83. The number of non-ortho nitro benzene ring substituents is 1. The van der Waals surface area contributed by atoms with Gasteiger partial charge in [0.1, 0.15) is 12.6 Å². The van der Waals surface area contributed by atoms with E-state index in [1.807, 2.05) is 13.8 Å². The molecule has 0 unspecified atom stereocenters. The molecule has 0 saturated heterocycles. The Morgan fingerprint density at radius 2 is 1.74 bits per heavy atom. The van der Waals surface area contributed by atoms with E-state index in [0.29, 0.717) is 22.6 Å². The number of anilines is 1. The van der Waals surface area contributed by atoms with E-state index in [-0.39, 0.29) is 41.3 Å². The van der Waals surface area contributed by atoms with Gasteiger partial charge in [0.05, 0.1) is 26.9 Å². The van der Waals surface area contributed by atoms with Crippen LogP contribution < -0.4 is 9.62 Å². The molecule has 0 aliphatic heterocycles. The van der Waals surface area contributed by atoms with Crippen molar-refractivity contribution in [3.63, 3.8) is 0 Å². The standard InChI is InChI=1S/C25H32Cl2N4O6S/c1-6-17(4)28-25(33)22(7-2)29(14-18-9-11-20(26)21(27)12-18)24(32)15-30(38(5,36)37)23-13-19(31(34)35)10-8-16(23)3/h8-13,17,22H,6-7,14-15H2,1-5H3,(H,28,33)/t17-,22+/m0/s1. The number of halogens is 2. The molecule has 38 heavy (non-hydrogen) atoms. The number of benzene rings is 2. The zero-order chi connectivity index (χ0) is 28.8. The number of nitrogens with one attached hydrogen (secondary N) is 1. The molecule has 0 saturated carbocycles. The number of hydrogen-bond donors (Lipinski definition) is 1. The van der Waals surface area contributed by atoms with Gasteiger partial charge in [0, 0.05) is 24.7 Å². The van der Waals surface area contributed by atoms with Gasteiger partial charge in [-0.25, -0.2) is 8.42 Å². The maximum absolute atomic E-state index is 13.8. The molecule has 1 N–H and O–H groups in total. The summed E-state index contributed by atoms with van der Waals surface area (Å²) in [6, 6.07) is 7.52. The van der Waals surface area contributed by atoms with Crippen molar-refractivity contribution in [1.82, 2.24) is 10.2 Å². The second-order valence-electron chi connectivity index (χ2n) is 9.01. The highest BCUT2D eigenvalue weighted by molar-refractivity contribution is 7.92. The van der Waals surface area contributed by atoms with Gasteiger partial charge in [-0.3, -0.25) is 24.0 Å². The van der Waals surface area contributed by atoms with Crippen molar-refractivity contribution in [2.24, 2.45) is 0 Å². The Bertz CT molecular complexity index is 1300. The van der Waals surface area contributed by atoms with E-state index in [0.717, 1.165) is 16.6 Å². The first-order valence-corrected chi connectivity index (χ1v) is 14.6. The summed E-state index contributed by atoms with van der Waals surface area (Å²) in [6.45, 7) is 6.36. The number of carbonyl (C=O) groups is 2. The minimum atomic E-state index is -4.05. The highest BCUT2D eigenvalue weighted by atomic mass is 35.5. The molecule has 0 spiro atoms. The second kappa shape index (κ2) is 13.3. The molecule has 0 aliphatic rings. The summed E-state index contributed by atoms with van der Waals surface area (Å²) < 4.78 is 26.4. The van der Waals surface area contributed by atoms with E-state index in [9.17, 15) is 28.1 Å². The van der Waals surface area contributed by atoms with Crippen LogP contribution in [0.15, 0.2) is 36.4 Å². The van der Waals surface area contributed by atoms with Crippen molar-refractivity contribution in [1.29, 1.82) is 0 Å². The van der Waals surface area contributed by atoms with Crippen molar-refractivity contribution in [3.05, 3.63) is 67.7 Å². The van der Waals surface area contributed by atoms with Crippen molar-refractivity contribution in [2.45, 2.75) is 59.2 Å². The maximum Gasteiger partial charge on any atom is 0.271 e. The summed E-state index contributed by atoms with van der Waals surface area (Å²) >= 11 is 12.2. The van der Waals surface area contributed by atoms with E-state index in [1.165, 1.54) is 17.0 Å². The fourth-order valence-corrected chi connectivity index (χ4v) is 4.99. The van der Waals surface area contributed by atoms with Gasteiger partial charge < -0.3 is 10.2 Å². The molecule has 2 rings (SSSR count). The maximum atomic E-state index is 13.8. The van der Waals surface area contributed by atoms with Crippen molar-refractivity contribution < 1.29 is 22.9 Å². The minimum absolute atomic E-state index is 0.00152. The quantitative estimate of drug-likeness (QED) is 0.283. The van der Waals surface area contributed by atoms with Gasteiger partial charge in [-0.05, 0) is 49.9 Å². The smallest absolute Gasteiger partial charge is 0.271 e. The average molecular weight is 588 g/mol. The van der Waals surface area contributed by atoms with Crippen molar-refractivity contribution >= 4 is 56.4 Å². The summed E-state index contributed by atoms with van der Waals surface area (Å²) in [5.41, 5.74) is 0.687. The van der Waals surface area contributed by atoms with Crippen LogP contribution in [0.25, 0.3) is 0 Å². The topological polar surface area (TPSA) is 130 Å². The van der Waals surface area contributed by atoms with Crippen LogP contribution in [0.3, 0.4) is 0 Å². The molecule has 2 amide bonds. The molecule has 0 fully saturated rings. The van der Waals surface area contributed by atoms with Gasteiger partial charge in [-0.15, -0.1) is 0 Å². The van der Waals surface area contributed by atoms with Crippen LogP contribution in [0.1, 0.15) is 44.7 Å². The van der Waals surface area contributed by atoms with E-state index in [4.69, 9.17) is 23.2 Å². The monoisotopic (exact) mass is 586 g/mol. The largest absolute Gasteiger partial charge is 0.352 e. The van der Waals surface area contributed by atoms with Crippen LogP contribution >= 0.6 is 23.2 Å². The Labute approximate surface area is 233 Å². The van der Waals surface area contributed by atoms with Gasteiger partial charge in [-0.2, -0.15) is 0 Å². The lowest BCUT2D eigenvalue weighted by Gasteiger charge is -2.33. The summed E-state index contributed by atoms with van der Waals surface area (Å²) in [5.74, 6) is -1.05. The molecule has 0 heterocycles. The number of nitro groups is 1. The van der Waals surface area contributed by atoms with Crippen LogP contribution in [-0.4, -0.2) is 54.9 Å². The highest BCUT2D eigenvalue weighted by Crippen LogP contribution is 2.28. The zero-order valence-corrected chi connectivity index (χ0v) is 24.2. The zero-order valence-electron chi connectivity index (χ0n) is 21.9. The van der Waals surface area contributed by atoms with Crippen LogP contribution in [0, 0.1) is 17.0 Å². The molecule has 208 valence electrons. The Morgan fingerprint density at radius 3 is 2.26 bits per heavy atom. The third kappa shape index (κ3) is 8.05. The number of rotatable bonds is 12. The predicted molar refractivity (Wildman–Crippen MR) is 149 cm³/mol. The third-order valence-electron chi connectivity index (χ3n) is 6.08. The molecule has 10 nitrogen and oxygen atoms in total. The van der Waals surface area contributed by atoms with Crippen LogP contribution in [-0.2, 0) is 26.2 Å². The number of carbonyl (C=O) groups excluding carboxylic acids is 2. The fourth-order valence-electron chi connectivity index (χ4n) is 3.77. The molecule has 0 aromatic heterocycles. The Hall–Kier alpha value is -2.89. The molecular formula is C25H32Cl2N4O6S. The Kier molecular flexibility index (Phi) is 10.9. The second-order valence-corrected chi connectivity index (χ2v) is 11.7. The summed E-state index contributed by atoms with van der Waals surface area (Å²) in [5, 5.41) is 14.8. The number of hydrogen-bond acceptors (Lipinski definition) is 6. The summed E-state index contributed by atoms with van der Waals surface area (Å²) in [4.78, 5) is 38.9. The Balaban J connectivity index is 2.55. The van der Waals surface area contributed by atoms with Crippen molar-refractivity contribution in [2.75, 3.05) is 17.1 Å². The minimum Gasteiger partial charge on any atom is -0.352 e. The predicted octanol–water partition coefficient (Wildman–Crippen LogP) is 4.70. The van der Waals surface area contributed by atoms with Gasteiger partial charge >= 0.3 is 0 Å². The molecule has 0 radical (unpaired) electrons. The van der Waals surface area contributed by atoms with Gasteiger partial charge in [0.25, 0.3) is 5.69 Å². The fraction of sp³-hybridized carbons (Fsp3) is 0.440. The van der Waals surface area contributed by atoms with Crippen LogP contribution in [0.2, 0.25) is 10.0 Å². The highest BCUT2D eigenvalue weighted by Gasteiger charge is 2.33. The van der Waals surface area contributed by atoms with E-state index in [2.05, 4.69) is 5.32 Å². The summed E-state index contributed by atoms with van der Waals surface area (Å²) in [7, 11) is -4.05. The van der Waals surface area contributed by atoms with E-state index < -0.39 is 33.4 Å². The number of nitrogens with zero attached hydrogens (tertiary/aromatic N) is 3. The first kappa shape index (κ1) is 31.3. The Morgan fingerprint density at radius 1 is 1.08 bits per heavy atom. The molecular weight excluding hydrogens is 555 g/mol. The third-order valence-corrected chi connectivity index (χ3v) is 7.94. The molecule has 13 heteroatoms. The SMILES string of the molecule is CC[C@H](C(=O)N[C@@H](C)CC)N(Cc1ccc(Cl)c(Cl)c1)C(=O)CN(c1cc([N+](=O)[O-])ccc1C)S(C)(=O)=O. The lowest BCUT2D eigenvalue weighted by Crippen LogP contribution is -2.53. The lowest BCUT2D eigenvalue weighted by molar-refractivity contribution is -0.384. The number of amides is 2. The van der Waals surface area contributed by atoms with Gasteiger partial charge in [0.15, 0.2) is 0 Å². The number of nitro benzene ring substituents is 1. The first-order chi connectivity index (χ1) is 17.7. The van der Waals surface area contributed by atoms with Crippen molar-refractivity contribution in [3.8, 4) is 0 Å². The lowest BCUT2D eigenvalue weighted by atomic mass is 10.1. The molecule has 2 aromatic carbocycles. The molecule has 0 aliphatic carbocycles.